The molecule has 0 spiro atoms. The van der Waals surface area contributed by atoms with Crippen molar-refractivity contribution in [2.45, 2.75) is 26.4 Å². The Hall–Kier alpha value is -2.83. The first-order valence-electron chi connectivity index (χ1n) is 8.03. The molecule has 0 amide bonds. The number of aromatic nitrogens is 3. The number of nitrogens with zero attached hydrogens (tertiary/aromatic N) is 4. The Bertz CT molecular complexity index is 806. The van der Waals surface area contributed by atoms with Crippen LogP contribution in [0.2, 0.25) is 0 Å². The van der Waals surface area contributed by atoms with Gasteiger partial charge in [-0.1, -0.05) is 17.3 Å². The van der Waals surface area contributed by atoms with Crippen LogP contribution in [0.5, 0.6) is 0 Å². The van der Waals surface area contributed by atoms with Gasteiger partial charge in [0, 0.05) is 26.2 Å². The van der Waals surface area contributed by atoms with Crippen molar-refractivity contribution >= 4 is 17.0 Å². The second-order valence-electron chi connectivity index (χ2n) is 5.50. The maximum atomic E-state index is 4.81. The summed E-state index contributed by atoms with van der Waals surface area (Å²) in [5.74, 6) is 1.80. The third kappa shape index (κ3) is 3.73. The molecule has 0 saturated heterocycles. The first-order valence-corrected chi connectivity index (χ1v) is 8.03. The molecule has 0 aliphatic rings. The topological polar surface area (TPSA) is 80.3 Å². The zero-order valence-electron chi connectivity index (χ0n) is 14.0. The van der Waals surface area contributed by atoms with Crippen LogP contribution in [0.15, 0.2) is 46.1 Å². The Morgan fingerprint density at radius 2 is 2.12 bits per heavy atom. The van der Waals surface area contributed by atoms with Crippen LogP contribution in [0.25, 0.3) is 11.0 Å². The average molecular weight is 326 g/mol. The number of benzene rings is 1. The van der Waals surface area contributed by atoms with E-state index in [1.165, 1.54) is 5.52 Å². The first kappa shape index (κ1) is 16.0. The van der Waals surface area contributed by atoms with E-state index in [1.807, 2.05) is 31.2 Å². The highest BCUT2D eigenvalue weighted by atomic mass is 16.5. The number of aryl methyl sites for hydroxylation is 2. The van der Waals surface area contributed by atoms with Gasteiger partial charge in [-0.3, -0.25) is 4.99 Å². The van der Waals surface area contributed by atoms with Gasteiger partial charge >= 0.3 is 0 Å². The van der Waals surface area contributed by atoms with Gasteiger partial charge < -0.3 is 19.7 Å². The van der Waals surface area contributed by atoms with E-state index in [0.717, 1.165) is 42.5 Å². The minimum atomic E-state index is 0.585. The predicted molar refractivity (Wildman–Crippen MR) is 93.8 cm³/mol. The summed E-state index contributed by atoms with van der Waals surface area (Å²) in [5, 5.41) is 10.4. The van der Waals surface area contributed by atoms with Crippen LogP contribution >= 0.6 is 0 Å². The zero-order valence-corrected chi connectivity index (χ0v) is 14.0. The molecule has 1 aromatic carbocycles. The van der Waals surface area contributed by atoms with Gasteiger partial charge in [0.25, 0.3) is 0 Å². The fraction of sp³-hybridized carbons (Fsp3) is 0.353. The number of hydrogen-bond acceptors (Lipinski definition) is 4. The van der Waals surface area contributed by atoms with Crippen molar-refractivity contribution in [3.05, 3.63) is 48.1 Å². The van der Waals surface area contributed by atoms with Gasteiger partial charge in [-0.25, -0.2) is 4.98 Å². The van der Waals surface area contributed by atoms with Crippen molar-refractivity contribution < 1.29 is 4.52 Å². The quantitative estimate of drug-likeness (QED) is 0.412. The van der Waals surface area contributed by atoms with E-state index in [9.17, 15) is 0 Å². The van der Waals surface area contributed by atoms with Gasteiger partial charge in [0.1, 0.15) is 17.8 Å². The summed E-state index contributed by atoms with van der Waals surface area (Å²) < 4.78 is 7.06. The van der Waals surface area contributed by atoms with Gasteiger partial charge in [-0.2, -0.15) is 0 Å². The van der Waals surface area contributed by atoms with E-state index in [1.54, 1.807) is 13.3 Å². The molecule has 3 aromatic rings. The van der Waals surface area contributed by atoms with E-state index in [4.69, 9.17) is 4.52 Å². The van der Waals surface area contributed by atoms with E-state index < -0.39 is 0 Å². The van der Waals surface area contributed by atoms with Crippen molar-refractivity contribution in [2.24, 2.45) is 4.99 Å². The van der Waals surface area contributed by atoms with Gasteiger partial charge in [0.05, 0.1) is 17.6 Å². The summed E-state index contributed by atoms with van der Waals surface area (Å²) in [7, 11) is 1.76. The minimum Gasteiger partial charge on any atom is -0.364 e. The maximum absolute atomic E-state index is 4.81. The zero-order chi connectivity index (χ0) is 16.8. The van der Waals surface area contributed by atoms with Gasteiger partial charge in [-0.05, 0) is 25.5 Å². The number of fused-ring (bicyclic) bond motifs is 1. The summed E-state index contributed by atoms with van der Waals surface area (Å²) in [6.07, 6.45) is 2.54. The molecule has 0 aliphatic heterocycles. The van der Waals surface area contributed by atoms with Crippen molar-refractivity contribution in [3.8, 4) is 0 Å². The fourth-order valence-electron chi connectivity index (χ4n) is 2.65. The summed E-state index contributed by atoms with van der Waals surface area (Å²) in [6, 6.07) is 10.1. The Morgan fingerprint density at radius 1 is 1.25 bits per heavy atom. The molecule has 0 atom stereocenters. The van der Waals surface area contributed by atoms with Crippen molar-refractivity contribution in [2.75, 3.05) is 13.6 Å². The van der Waals surface area contributed by atoms with Crippen LogP contribution in [-0.4, -0.2) is 34.3 Å². The van der Waals surface area contributed by atoms with Crippen LogP contribution in [-0.2, 0) is 13.1 Å². The molecule has 126 valence electrons. The molecule has 24 heavy (non-hydrogen) atoms. The maximum Gasteiger partial charge on any atom is 0.191 e. The van der Waals surface area contributed by atoms with E-state index in [0.29, 0.717) is 6.54 Å². The van der Waals surface area contributed by atoms with Crippen LogP contribution in [0.1, 0.15) is 17.9 Å². The molecule has 7 heteroatoms. The lowest BCUT2D eigenvalue weighted by Gasteiger charge is -2.11. The lowest BCUT2D eigenvalue weighted by Crippen LogP contribution is -2.37. The predicted octanol–water partition coefficient (Wildman–Crippen LogP) is 2.09. The third-order valence-corrected chi connectivity index (χ3v) is 3.85. The third-order valence-electron chi connectivity index (χ3n) is 3.85. The molecule has 0 fully saturated rings. The lowest BCUT2D eigenvalue weighted by molar-refractivity contribution is 0.410. The van der Waals surface area contributed by atoms with Crippen LogP contribution < -0.4 is 10.6 Å². The second-order valence-corrected chi connectivity index (χ2v) is 5.50. The summed E-state index contributed by atoms with van der Waals surface area (Å²) >= 11 is 0. The van der Waals surface area contributed by atoms with Crippen molar-refractivity contribution in [3.63, 3.8) is 0 Å². The van der Waals surface area contributed by atoms with Crippen molar-refractivity contribution in [1.82, 2.24) is 25.3 Å². The highest BCUT2D eigenvalue weighted by Crippen LogP contribution is 2.15. The van der Waals surface area contributed by atoms with Gasteiger partial charge in [0.15, 0.2) is 5.96 Å². The largest absolute Gasteiger partial charge is 0.364 e. The second kappa shape index (κ2) is 7.63. The molecule has 0 bridgehead atoms. The molecule has 3 rings (SSSR count). The molecule has 2 heterocycles. The molecule has 2 N–H and O–H groups in total. The minimum absolute atomic E-state index is 0.585. The van der Waals surface area contributed by atoms with E-state index in [2.05, 4.69) is 36.4 Å². The molecule has 0 saturated carbocycles. The van der Waals surface area contributed by atoms with E-state index >= 15 is 0 Å². The van der Waals surface area contributed by atoms with E-state index in [-0.39, 0.29) is 0 Å². The molecular weight excluding hydrogens is 304 g/mol. The smallest absolute Gasteiger partial charge is 0.191 e. The van der Waals surface area contributed by atoms with Crippen molar-refractivity contribution in [1.29, 1.82) is 0 Å². The molecular formula is C17H22N6O. The standard InChI is InChI=1S/C17H22N6O/c1-13-21-15-6-3-4-7-16(15)23(13)10-5-9-19-17(18-2)20-12-14-8-11-24-22-14/h3-4,6-8,11H,5,9-10,12H2,1-2H3,(H2,18,19,20). The van der Waals surface area contributed by atoms with Crippen LogP contribution in [0.3, 0.4) is 0 Å². The van der Waals surface area contributed by atoms with Crippen LogP contribution in [0.4, 0.5) is 0 Å². The van der Waals surface area contributed by atoms with Gasteiger partial charge in [0.2, 0.25) is 0 Å². The number of para-hydroxylation sites is 2. The molecule has 2 aromatic heterocycles. The number of nitrogens with one attached hydrogen (secondary N) is 2. The molecule has 0 aliphatic carbocycles. The first-order chi connectivity index (χ1) is 11.8. The Morgan fingerprint density at radius 3 is 2.92 bits per heavy atom. The molecule has 0 unspecified atom stereocenters. The average Bonchev–Trinajstić information content (AvgIpc) is 3.22. The number of aliphatic imine (C=N–C) groups is 1. The number of imidazole rings is 1. The monoisotopic (exact) mass is 326 g/mol. The Balaban J connectivity index is 1.48. The SMILES string of the molecule is CN=C(NCCCn1c(C)nc2ccccc21)NCc1ccon1. The van der Waals surface area contributed by atoms with Crippen LogP contribution in [0, 0.1) is 6.92 Å². The summed E-state index contributed by atoms with van der Waals surface area (Å²) in [4.78, 5) is 8.80. The summed E-state index contributed by atoms with van der Waals surface area (Å²) in [5.41, 5.74) is 3.08. The summed E-state index contributed by atoms with van der Waals surface area (Å²) in [6.45, 7) is 4.37. The fourth-order valence-corrected chi connectivity index (χ4v) is 2.65. The highest BCUT2D eigenvalue weighted by molar-refractivity contribution is 5.79. The highest BCUT2D eigenvalue weighted by Gasteiger charge is 2.06. The number of hydrogen-bond donors (Lipinski definition) is 2. The molecule has 7 nitrogen and oxygen atoms in total. The molecule has 0 radical (unpaired) electrons. The Labute approximate surface area is 140 Å². The lowest BCUT2D eigenvalue weighted by atomic mass is 10.3. The normalized spacial score (nSPS) is 11.8. The van der Waals surface area contributed by atoms with Gasteiger partial charge in [-0.15, -0.1) is 0 Å². The number of guanidine groups is 1. The Kier molecular flexibility index (Phi) is 5.10. The number of rotatable bonds is 6.